The van der Waals surface area contributed by atoms with Gasteiger partial charge < -0.3 is 13.3 Å². The fourth-order valence-corrected chi connectivity index (χ4v) is 4.09. The van der Waals surface area contributed by atoms with Crippen molar-refractivity contribution in [2.75, 3.05) is 0 Å². The summed E-state index contributed by atoms with van der Waals surface area (Å²) in [6.45, 7) is 12.4. The Morgan fingerprint density at radius 1 is 0.842 bits per heavy atom. The lowest BCUT2D eigenvalue weighted by molar-refractivity contribution is -0.151. The molecule has 1 aromatic rings. The predicted octanol–water partition coefficient (Wildman–Crippen LogP) is 2.40. The average molecular weight is 315 g/mol. The maximum absolute atomic E-state index is 6.00. The second-order valence-corrected chi connectivity index (χ2v) is 16.9. The molecule has 0 saturated carbocycles. The van der Waals surface area contributed by atoms with Crippen LogP contribution in [0.1, 0.15) is 0 Å². The van der Waals surface area contributed by atoms with Crippen LogP contribution in [-0.4, -0.2) is 32.9 Å². The van der Waals surface area contributed by atoms with E-state index >= 15 is 0 Å². The third-order valence-electron chi connectivity index (χ3n) is 2.13. The van der Waals surface area contributed by atoms with Crippen molar-refractivity contribution in [3.8, 4) is 0 Å². The van der Waals surface area contributed by atoms with Crippen LogP contribution in [0.4, 0.5) is 0 Å². The molecule has 108 valence electrons. The van der Waals surface area contributed by atoms with Crippen molar-refractivity contribution < 1.29 is 13.3 Å². The Hall–Kier alpha value is -0.249. The summed E-state index contributed by atoms with van der Waals surface area (Å²) in [6.07, 6.45) is 0. The standard InChI is InChI=1S/C13H26O3Si3/c1-18(2,3)15-13(16-19(4,5)6)14-17-12-10-8-7-9-11-12/h7-11,13H,17H2,1-6H3. The lowest BCUT2D eigenvalue weighted by atomic mass is 10.4. The zero-order chi connectivity index (χ0) is 14.5. The number of hydrogen-bond acceptors (Lipinski definition) is 3. The van der Waals surface area contributed by atoms with Gasteiger partial charge in [-0.3, -0.25) is 0 Å². The van der Waals surface area contributed by atoms with Crippen LogP contribution in [0.15, 0.2) is 30.3 Å². The molecule has 0 aliphatic rings. The van der Waals surface area contributed by atoms with E-state index in [4.69, 9.17) is 13.3 Å². The van der Waals surface area contributed by atoms with Gasteiger partial charge in [-0.1, -0.05) is 30.3 Å². The quantitative estimate of drug-likeness (QED) is 0.571. The Morgan fingerprint density at radius 3 is 1.74 bits per heavy atom. The first kappa shape index (κ1) is 16.8. The Bertz CT molecular complexity index is 355. The van der Waals surface area contributed by atoms with Crippen molar-refractivity contribution in [1.29, 1.82) is 0 Å². The molecular formula is C13H26O3Si3. The van der Waals surface area contributed by atoms with E-state index in [1.807, 2.05) is 18.2 Å². The van der Waals surface area contributed by atoms with Crippen molar-refractivity contribution in [3.63, 3.8) is 0 Å². The molecule has 0 atom stereocenters. The molecule has 0 unspecified atom stereocenters. The molecule has 0 N–H and O–H groups in total. The summed E-state index contributed by atoms with van der Waals surface area (Å²) in [6, 6.07) is 10.3. The van der Waals surface area contributed by atoms with Crippen LogP contribution in [-0.2, 0) is 13.3 Å². The molecule has 1 aromatic carbocycles. The van der Waals surface area contributed by atoms with Gasteiger partial charge in [-0.15, -0.1) is 0 Å². The first-order valence-electron chi connectivity index (χ1n) is 6.67. The zero-order valence-electron chi connectivity index (χ0n) is 12.9. The van der Waals surface area contributed by atoms with Gasteiger partial charge in [0.25, 0.3) is 0 Å². The first-order chi connectivity index (χ1) is 8.66. The highest BCUT2D eigenvalue weighted by molar-refractivity contribution is 6.70. The zero-order valence-corrected chi connectivity index (χ0v) is 16.3. The van der Waals surface area contributed by atoms with Crippen molar-refractivity contribution in [3.05, 3.63) is 30.3 Å². The van der Waals surface area contributed by atoms with E-state index in [1.54, 1.807) is 0 Å². The number of rotatable bonds is 7. The van der Waals surface area contributed by atoms with E-state index in [9.17, 15) is 0 Å². The average Bonchev–Trinajstić information content (AvgIpc) is 2.23. The summed E-state index contributed by atoms with van der Waals surface area (Å²) >= 11 is 0. The molecule has 0 radical (unpaired) electrons. The monoisotopic (exact) mass is 314 g/mol. The molecule has 0 amide bonds. The van der Waals surface area contributed by atoms with E-state index in [-0.39, 0.29) is 0 Å². The number of hydrogen-bond donors (Lipinski definition) is 0. The largest absolute Gasteiger partial charge is 0.374 e. The lowest BCUT2D eigenvalue weighted by Gasteiger charge is -2.31. The Morgan fingerprint density at radius 2 is 1.32 bits per heavy atom. The Kier molecular flexibility index (Phi) is 6.16. The summed E-state index contributed by atoms with van der Waals surface area (Å²) in [5.74, 6) is 0. The van der Waals surface area contributed by atoms with Crippen LogP contribution in [0.3, 0.4) is 0 Å². The van der Waals surface area contributed by atoms with Crippen LogP contribution in [0.25, 0.3) is 0 Å². The normalized spacial score (nSPS) is 13.6. The van der Waals surface area contributed by atoms with Crippen LogP contribution in [0.5, 0.6) is 0 Å². The van der Waals surface area contributed by atoms with Crippen LogP contribution < -0.4 is 5.19 Å². The second kappa shape index (κ2) is 6.96. The molecule has 0 aromatic heterocycles. The minimum Gasteiger partial charge on any atom is -0.374 e. The third kappa shape index (κ3) is 8.51. The Balaban J connectivity index is 2.59. The fourth-order valence-electron chi connectivity index (χ4n) is 1.41. The SMILES string of the molecule is C[Si](C)(C)OC(O[SiH2]c1ccccc1)O[Si](C)(C)C. The van der Waals surface area contributed by atoms with Crippen LogP contribution in [0, 0.1) is 0 Å². The molecular weight excluding hydrogens is 288 g/mol. The summed E-state index contributed by atoms with van der Waals surface area (Å²) < 4.78 is 17.9. The molecule has 1 rings (SSSR count). The van der Waals surface area contributed by atoms with E-state index in [0.717, 1.165) is 0 Å². The van der Waals surface area contributed by atoms with Crippen molar-refractivity contribution in [2.45, 2.75) is 45.8 Å². The molecule has 0 bridgehead atoms. The molecule has 0 fully saturated rings. The Labute approximate surface area is 121 Å². The minimum absolute atomic E-state index is 0.481. The van der Waals surface area contributed by atoms with Crippen LogP contribution >= 0.6 is 0 Å². The van der Waals surface area contributed by atoms with Gasteiger partial charge in [0, 0.05) is 0 Å². The van der Waals surface area contributed by atoms with Gasteiger partial charge in [0.15, 0.2) is 26.4 Å². The topological polar surface area (TPSA) is 27.7 Å². The summed E-state index contributed by atoms with van der Waals surface area (Å²) in [7, 11) is -4.13. The fraction of sp³-hybridized carbons (Fsp3) is 0.538. The van der Waals surface area contributed by atoms with Gasteiger partial charge in [-0.05, 0) is 44.5 Å². The highest BCUT2D eigenvalue weighted by atomic mass is 28.4. The van der Waals surface area contributed by atoms with Gasteiger partial charge in [-0.2, -0.15) is 0 Å². The van der Waals surface area contributed by atoms with Crippen molar-refractivity contribution >= 4 is 31.6 Å². The van der Waals surface area contributed by atoms with Gasteiger partial charge >= 0.3 is 0 Å². The van der Waals surface area contributed by atoms with Gasteiger partial charge in [-0.25, -0.2) is 0 Å². The molecule has 0 aliphatic heterocycles. The molecule has 6 heteroatoms. The predicted molar refractivity (Wildman–Crippen MR) is 88.4 cm³/mol. The molecule has 0 spiro atoms. The maximum Gasteiger partial charge on any atom is 0.242 e. The van der Waals surface area contributed by atoms with Gasteiger partial charge in [0.05, 0.1) is 0 Å². The molecule has 3 nitrogen and oxygen atoms in total. The molecule has 19 heavy (non-hydrogen) atoms. The lowest BCUT2D eigenvalue weighted by Crippen LogP contribution is -2.43. The highest BCUT2D eigenvalue weighted by Gasteiger charge is 2.27. The third-order valence-corrected chi connectivity index (χ3v) is 5.17. The second-order valence-electron chi connectivity index (χ2n) is 6.55. The highest BCUT2D eigenvalue weighted by Crippen LogP contribution is 2.14. The first-order valence-corrected chi connectivity index (χ1v) is 14.8. The maximum atomic E-state index is 6.00. The smallest absolute Gasteiger partial charge is 0.242 e. The van der Waals surface area contributed by atoms with Crippen molar-refractivity contribution in [1.82, 2.24) is 0 Å². The molecule has 0 heterocycles. The van der Waals surface area contributed by atoms with E-state index in [2.05, 4.69) is 51.4 Å². The summed E-state index contributed by atoms with van der Waals surface area (Å²) in [4.78, 5) is 0. The molecule has 0 aliphatic carbocycles. The molecule has 0 saturated heterocycles. The minimum atomic E-state index is -1.66. The van der Waals surface area contributed by atoms with Crippen molar-refractivity contribution in [2.24, 2.45) is 0 Å². The summed E-state index contributed by atoms with van der Waals surface area (Å²) in [5, 5.41) is 1.27. The van der Waals surface area contributed by atoms with Gasteiger partial charge in [0.2, 0.25) is 6.48 Å². The summed E-state index contributed by atoms with van der Waals surface area (Å²) in [5.41, 5.74) is 0. The van der Waals surface area contributed by atoms with E-state index in [0.29, 0.717) is 0 Å². The van der Waals surface area contributed by atoms with Crippen LogP contribution in [0.2, 0.25) is 39.3 Å². The van der Waals surface area contributed by atoms with Gasteiger partial charge in [0.1, 0.15) is 0 Å². The number of benzene rings is 1. The van der Waals surface area contributed by atoms with E-state index in [1.165, 1.54) is 5.19 Å². The van der Waals surface area contributed by atoms with E-state index < -0.39 is 32.9 Å².